The maximum Gasteiger partial charge on any atom is 0.168 e. The van der Waals surface area contributed by atoms with Gasteiger partial charge in [-0.15, -0.1) is 0 Å². The van der Waals surface area contributed by atoms with Crippen LogP contribution in [0.5, 0.6) is 0 Å². The molecule has 2 nitrogen and oxygen atoms in total. The molecule has 0 N–H and O–H groups in total. The zero-order valence-corrected chi connectivity index (χ0v) is 11.0. The molecule has 0 amide bonds. The Morgan fingerprint density at radius 2 is 1.71 bits per heavy atom. The smallest absolute Gasteiger partial charge is 0.168 e. The molecule has 0 spiro atoms. The van der Waals surface area contributed by atoms with Gasteiger partial charge in [-0.3, -0.25) is 9.78 Å². The van der Waals surface area contributed by atoms with Crippen molar-refractivity contribution in [1.29, 1.82) is 0 Å². The topological polar surface area (TPSA) is 30.0 Å². The number of rotatable bonds is 3. The number of benzene rings is 2. The molecule has 3 rings (SSSR count). The van der Waals surface area contributed by atoms with E-state index in [-0.39, 0.29) is 12.2 Å². The minimum Gasteiger partial charge on any atom is -0.294 e. The lowest BCUT2D eigenvalue weighted by Gasteiger charge is -2.04. The number of para-hydroxylation sites is 1. The zero-order chi connectivity index (χ0) is 14.8. The number of Topliss-reactive ketones (excluding diaryl/α,β-unsaturated/α-hetero) is 1. The third-order valence-corrected chi connectivity index (χ3v) is 3.20. The van der Waals surface area contributed by atoms with Crippen LogP contribution in [0.15, 0.2) is 54.7 Å². The van der Waals surface area contributed by atoms with E-state index in [2.05, 4.69) is 4.98 Å². The van der Waals surface area contributed by atoms with Crippen LogP contribution in [0.25, 0.3) is 10.9 Å². The number of carbonyl (C=O) groups is 1. The van der Waals surface area contributed by atoms with E-state index >= 15 is 0 Å². The second-order valence-corrected chi connectivity index (χ2v) is 4.79. The minimum absolute atomic E-state index is 0.0608. The SMILES string of the molecule is O=C(Cc1cc(F)cc(F)c1)c1cnc2ccccc2c1. The molecular weight excluding hydrogens is 272 g/mol. The maximum atomic E-state index is 13.1. The Morgan fingerprint density at radius 1 is 1.00 bits per heavy atom. The largest absolute Gasteiger partial charge is 0.294 e. The van der Waals surface area contributed by atoms with Crippen molar-refractivity contribution in [1.82, 2.24) is 4.98 Å². The van der Waals surface area contributed by atoms with E-state index in [4.69, 9.17) is 0 Å². The quantitative estimate of drug-likeness (QED) is 0.681. The molecule has 0 unspecified atom stereocenters. The number of halogens is 2. The zero-order valence-electron chi connectivity index (χ0n) is 11.0. The van der Waals surface area contributed by atoms with Crippen molar-refractivity contribution in [2.45, 2.75) is 6.42 Å². The molecule has 2 aromatic carbocycles. The number of aromatic nitrogens is 1. The van der Waals surface area contributed by atoms with Gasteiger partial charge in [0.15, 0.2) is 5.78 Å². The average molecular weight is 283 g/mol. The van der Waals surface area contributed by atoms with Crippen molar-refractivity contribution in [3.05, 3.63) is 77.5 Å². The summed E-state index contributed by atoms with van der Waals surface area (Å²) >= 11 is 0. The van der Waals surface area contributed by atoms with Crippen LogP contribution in [0.4, 0.5) is 8.78 Å². The number of ketones is 1. The van der Waals surface area contributed by atoms with Gasteiger partial charge in [-0.05, 0) is 29.8 Å². The molecule has 0 bridgehead atoms. The van der Waals surface area contributed by atoms with Gasteiger partial charge in [0.2, 0.25) is 0 Å². The van der Waals surface area contributed by atoms with Crippen LogP contribution in [-0.2, 0) is 6.42 Å². The van der Waals surface area contributed by atoms with E-state index in [1.165, 1.54) is 6.20 Å². The first-order chi connectivity index (χ1) is 10.1. The van der Waals surface area contributed by atoms with Gasteiger partial charge in [-0.25, -0.2) is 8.78 Å². The van der Waals surface area contributed by atoms with Gasteiger partial charge in [-0.1, -0.05) is 18.2 Å². The van der Waals surface area contributed by atoms with Gasteiger partial charge in [0, 0.05) is 29.6 Å². The lowest BCUT2D eigenvalue weighted by Crippen LogP contribution is -2.05. The first kappa shape index (κ1) is 13.4. The second-order valence-electron chi connectivity index (χ2n) is 4.79. The summed E-state index contributed by atoms with van der Waals surface area (Å²) in [6.45, 7) is 0. The summed E-state index contributed by atoms with van der Waals surface area (Å²) in [6, 6.07) is 12.3. The Kier molecular flexibility index (Phi) is 3.44. The summed E-state index contributed by atoms with van der Waals surface area (Å²) in [5, 5.41) is 0.855. The molecule has 21 heavy (non-hydrogen) atoms. The number of hydrogen-bond donors (Lipinski definition) is 0. The Hall–Kier alpha value is -2.62. The van der Waals surface area contributed by atoms with Gasteiger partial charge in [-0.2, -0.15) is 0 Å². The second kappa shape index (κ2) is 5.40. The predicted octanol–water partition coefficient (Wildman–Crippen LogP) is 3.94. The molecule has 4 heteroatoms. The average Bonchev–Trinajstić information content (AvgIpc) is 2.45. The molecule has 0 fully saturated rings. The molecule has 0 atom stereocenters. The van der Waals surface area contributed by atoms with Crippen molar-refractivity contribution in [3.8, 4) is 0 Å². The predicted molar refractivity (Wildman–Crippen MR) is 76.1 cm³/mol. The summed E-state index contributed by atoms with van der Waals surface area (Å²) in [6.07, 6.45) is 1.43. The lowest BCUT2D eigenvalue weighted by atomic mass is 10.0. The fourth-order valence-corrected chi connectivity index (χ4v) is 2.22. The normalized spacial score (nSPS) is 10.8. The lowest BCUT2D eigenvalue weighted by molar-refractivity contribution is 0.0992. The highest BCUT2D eigenvalue weighted by Crippen LogP contribution is 2.15. The van der Waals surface area contributed by atoms with Crippen molar-refractivity contribution in [2.75, 3.05) is 0 Å². The van der Waals surface area contributed by atoms with Crippen LogP contribution >= 0.6 is 0 Å². The Labute approximate surface area is 120 Å². The van der Waals surface area contributed by atoms with Crippen LogP contribution < -0.4 is 0 Å². The Balaban J connectivity index is 1.89. The number of hydrogen-bond acceptors (Lipinski definition) is 2. The molecule has 0 radical (unpaired) electrons. The molecule has 0 saturated heterocycles. The van der Waals surface area contributed by atoms with Crippen LogP contribution in [0, 0.1) is 11.6 Å². The molecule has 0 aliphatic heterocycles. The van der Waals surface area contributed by atoms with Gasteiger partial charge in [0.05, 0.1) is 5.52 Å². The molecule has 0 saturated carbocycles. The van der Waals surface area contributed by atoms with Crippen molar-refractivity contribution in [3.63, 3.8) is 0 Å². The van der Waals surface area contributed by atoms with Gasteiger partial charge in [0.1, 0.15) is 11.6 Å². The summed E-state index contributed by atoms with van der Waals surface area (Å²) in [5.74, 6) is -1.60. The molecule has 0 aliphatic rings. The summed E-state index contributed by atoms with van der Waals surface area (Å²) in [4.78, 5) is 16.4. The van der Waals surface area contributed by atoms with Crippen molar-refractivity contribution >= 4 is 16.7 Å². The number of carbonyl (C=O) groups excluding carboxylic acids is 1. The van der Waals surface area contributed by atoms with Crippen molar-refractivity contribution < 1.29 is 13.6 Å². The molecular formula is C17H11F2NO. The molecule has 0 aliphatic carbocycles. The molecule has 3 aromatic rings. The maximum absolute atomic E-state index is 13.1. The Bertz CT molecular complexity index is 810. The summed E-state index contributed by atoms with van der Waals surface area (Å²) < 4.78 is 26.3. The molecule has 104 valence electrons. The van der Waals surface area contributed by atoms with Crippen LogP contribution in [-0.4, -0.2) is 10.8 Å². The van der Waals surface area contributed by atoms with Gasteiger partial charge >= 0.3 is 0 Å². The van der Waals surface area contributed by atoms with Crippen LogP contribution in [0.3, 0.4) is 0 Å². The van der Waals surface area contributed by atoms with E-state index < -0.39 is 11.6 Å². The highest BCUT2D eigenvalue weighted by molar-refractivity contribution is 5.99. The highest BCUT2D eigenvalue weighted by atomic mass is 19.1. The number of pyridine rings is 1. The van der Waals surface area contributed by atoms with Crippen LogP contribution in [0.2, 0.25) is 0 Å². The van der Waals surface area contributed by atoms with Gasteiger partial charge in [0.25, 0.3) is 0 Å². The third kappa shape index (κ3) is 2.94. The number of nitrogens with zero attached hydrogens (tertiary/aromatic N) is 1. The Morgan fingerprint density at radius 3 is 2.48 bits per heavy atom. The standard InChI is InChI=1S/C17H11F2NO/c18-14-5-11(6-15(19)9-14)7-17(21)13-8-12-3-1-2-4-16(12)20-10-13/h1-6,8-10H,7H2. The molecule has 1 heterocycles. The van der Waals surface area contributed by atoms with E-state index in [0.717, 1.165) is 29.1 Å². The fourth-order valence-electron chi connectivity index (χ4n) is 2.22. The van der Waals surface area contributed by atoms with E-state index in [9.17, 15) is 13.6 Å². The first-order valence-electron chi connectivity index (χ1n) is 6.45. The van der Waals surface area contributed by atoms with Crippen LogP contribution in [0.1, 0.15) is 15.9 Å². The monoisotopic (exact) mass is 283 g/mol. The molecule has 1 aromatic heterocycles. The van der Waals surface area contributed by atoms with Gasteiger partial charge < -0.3 is 0 Å². The summed E-state index contributed by atoms with van der Waals surface area (Å²) in [7, 11) is 0. The highest BCUT2D eigenvalue weighted by Gasteiger charge is 2.10. The fraction of sp³-hybridized carbons (Fsp3) is 0.0588. The first-order valence-corrected chi connectivity index (χ1v) is 6.45. The number of fused-ring (bicyclic) bond motifs is 1. The summed E-state index contributed by atoms with van der Waals surface area (Å²) in [5.41, 5.74) is 1.54. The van der Waals surface area contributed by atoms with Crippen molar-refractivity contribution in [2.24, 2.45) is 0 Å². The third-order valence-electron chi connectivity index (χ3n) is 3.20. The van der Waals surface area contributed by atoms with E-state index in [0.29, 0.717) is 11.1 Å². The van der Waals surface area contributed by atoms with E-state index in [1.807, 2.05) is 24.3 Å². The minimum atomic E-state index is -0.686. The van der Waals surface area contributed by atoms with E-state index in [1.54, 1.807) is 6.07 Å².